The first-order chi connectivity index (χ1) is 18.5. The van der Waals surface area contributed by atoms with Crippen LogP contribution in [0.1, 0.15) is 11.6 Å². The Bertz CT molecular complexity index is 1060. The highest BCUT2D eigenvalue weighted by molar-refractivity contribution is 7.78. The molecule has 0 saturated carbocycles. The number of hydrogen-bond acceptors (Lipinski definition) is 15. The molecule has 2 rings (SSSR count). The van der Waals surface area contributed by atoms with E-state index in [9.17, 15) is 39.6 Å². The first-order valence-corrected chi connectivity index (χ1v) is 12.4. The summed E-state index contributed by atoms with van der Waals surface area (Å²) in [6.45, 7) is -0.686. The van der Waals surface area contributed by atoms with Crippen LogP contribution >= 0.6 is 12.2 Å². The van der Waals surface area contributed by atoms with Crippen LogP contribution in [-0.4, -0.2) is 128 Å². The topological polar surface area (TPSA) is 341 Å². The van der Waals surface area contributed by atoms with Crippen LogP contribution in [-0.2, 0) is 19.2 Å². The van der Waals surface area contributed by atoms with Gasteiger partial charge in [-0.3, -0.25) is 19.6 Å². The van der Waals surface area contributed by atoms with Crippen LogP contribution in [0, 0.1) is 0 Å². The summed E-state index contributed by atoms with van der Waals surface area (Å²) in [5, 5.41) is 48.7. The monoisotopic (exact) mass is 635 g/mol. The number of carbonyl (C=O) groups is 4. The SMILES string of the molecule is COc1ccc(N=C=S)cc1C(C(=O)[O-])N1CCN(CC(=O)[O-])CCN(CC(=O)[O-])CCN(CC(=O)[O-])CC1.[NH4+].[NH4+].[NH4+].[NH4+]. The van der Waals surface area contributed by atoms with E-state index in [1.165, 1.54) is 38.8 Å². The smallest absolute Gasteiger partial charge is 0.124 e. The van der Waals surface area contributed by atoms with Crippen LogP contribution in [0.3, 0.4) is 0 Å². The molecule has 0 spiro atoms. The minimum absolute atomic E-state index is 0. The number of aliphatic carboxylic acids is 4. The van der Waals surface area contributed by atoms with E-state index in [4.69, 9.17) is 4.74 Å². The number of thiocarbonyl (C=S) groups is 1. The van der Waals surface area contributed by atoms with Gasteiger partial charge in [-0.25, -0.2) is 0 Å². The molecule has 0 aliphatic carbocycles. The van der Waals surface area contributed by atoms with E-state index >= 15 is 0 Å². The van der Waals surface area contributed by atoms with Gasteiger partial charge in [-0.15, -0.1) is 0 Å². The fraction of sp³-hybridized carbons (Fsp3) is 0.542. The summed E-state index contributed by atoms with van der Waals surface area (Å²) in [5.41, 5.74) is 0.528. The van der Waals surface area contributed by atoms with Crippen molar-refractivity contribution in [1.82, 2.24) is 44.2 Å². The Balaban J connectivity index is -0.00000400. The van der Waals surface area contributed by atoms with E-state index in [-0.39, 0.29) is 88.3 Å². The molecular weight excluding hydrogens is 590 g/mol. The molecule has 16 N–H and O–H groups in total. The Morgan fingerprint density at radius 1 is 0.791 bits per heavy atom. The summed E-state index contributed by atoms with van der Waals surface area (Å²) in [5.74, 6) is -5.29. The zero-order chi connectivity index (χ0) is 28.9. The van der Waals surface area contributed by atoms with Gasteiger partial charge in [0, 0.05) is 77.6 Å². The number of quaternary nitrogens is 4. The lowest BCUT2D eigenvalue weighted by molar-refractivity contribution is -0.313. The number of carbonyl (C=O) groups excluding carboxylic acids is 4. The first kappa shape index (κ1) is 43.8. The van der Waals surface area contributed by atoms with Crippen molar-refractivity contribution in [2.24, 2.45) is 4.99 Å². The van der Waals surface area contributed by atoms with Gasteiger partial charge in [-0.2, -0.15) is 4.99 Å². The van der Waals surface area contributed by atoms with Crippen LogP contribution in [0.15, 0.2) is 23.2 Å². The summed E-state index contributed by atoms with van der Waals surface area (Å²) in [6.07, 6.45) is 0. The predicted molar refractivity (Wildman–Crippen MR) is 155 cm³/mol. The van der Waals surface area contributed by atoms with Gasteiger partial charge in [0.25, 0.3) is 0 Å². The van der Waals surface area contributed by atoms with E-state index in [0.717, 1.165) is 0 Å². The molecule has 43 heavy (non-hydrogen) atoms. The van der Waals surface area contributed by atoms with Gasteiger partial charge in [0.15, 0.2) is 0 Å². The summed E-state index contributed by atoms with van der Waals surface area (Å²) in [7, 11) is 1.37. The van der Waals surface area contributed by atoms with Crippen molar-refractivity contribution in [3.05, 3.63) is 23.8 Å². The summed E-state index contributed by atoms with van der Waals surface area (Å²) >= 11 is 4.65. The lowest BCUT2D eigenvalue weighted by atomic mass is 10.0. The maximum Gasteiger partial charge on any atom is 0.124 e. The zero-order valence-corrected chi connectivity index (χ0v) is 26.2. The van der Waals surface area contributed by atoms with Crippen molar-refractivity contribution in [1.29, 1.82) is 0 Å². The molecule has 1 aromatic carbocycles. The largest absolute Gasteiger partial charge is 0.549 e. The fourth-order valence-corrected chi connectivity index (χ4v) is 4.47. The maximum absolute atomic E-state index is 12.5. The third-order valence-electron chi connectivity index (χ3n) is 6.20. The molecule has 1 saturated heterocycles. The number of carboxylic acid groups (broad SMARTS) is 4. The van der Waals surface area contributed by atoms with Crippen molar-refractivity contribution in [2.75, 3.05) is 79.1 Å². The van der Waals surface area contributed by atoms with E-state index in [0.29, 0.717) is 5.69 Å². The molecule has 1 aliphatic heterocycles. The molecule has 1 atom stereocenters. The second kappa shape index (κ2) is 22.0. The third kappa shape index (κ3) is 14.9. The van der Waals surface area contributed by atoms with Gasteiger partial charge < -0.3 is 68.9 Å². The number of aliphatic imine (C=N–C) groups is 1. The predicted octanol–water partition coefficient (Wildman–Crippen LogP) is -3.80. The number of benzene rings is 1. The van der Waals surface area contributed by atoms with Crippen molar-refractivity contribution >= 4 is 46.9 Å². The standard InChI is InChI=1S/C24H33N5O9S.4H3N/c1-38-19-3-2-17(25-16-39)12-18(19)23(24(36)37)29-10-8-27(14-21(32)33)6-4-26(13-20(30)31)5-7-28(9-11-29)15-22(34)35;;;;/h2-3,12,23H,4-11,13-15H2,1H3,(H,30,31)(H,32,33)(H,34,35)(H,36,37);4*1H3. The fourth-order valence-electron chi connectivity index (χ4n) is 4.36. The molecule has 1 heterocycles. The van der Waals surface area contributed by atoms with E-state index < -0.39 is 49.6 Å². The first-order valence-electron chi connectivity index (χ1n) is 12.0. The van der Waals surface area contributed by atoms with Crippen molar-refractivity contribution in [3.63, 3.8) is 0 Å². The van der Waals surface area contributed by atoms with Crippen LogP contribution in [0.25, 0.3) is 0 Å². The molecule has 0 bridgehead atoms. The summed E-state index contributed by atoms with van der Waals surface area (Å²) in [4.78, 5) is 56.4. The Hall–Kier alpha value is -3.62. The van der Waals surface area contributed by atoms with Crippen LogP contribution in [0.2, 0.25) is 0 Å². The second-order valence-corrected chi connectivity index (χ2v) is 9.01. The Labute approximate surface area is 255 Å². The van der Waals surface area contributed by atoms with E-state index in [1.807, 2.05) is 0 Å². The molecule has 1 fully saturated rings. The van der Waals surface area contributed by atoms with Crippen molar-refractivity contribution in [3.8, 4) is 5.75 Å². The minimum atomic E-state index is -1.47. The number of carboxylic acids is 4. The molecule has 19 heteroatoms. The number of hydrogen-bond donors (Lipinski definition) is 4. The lowest BCUT2D eigenvalue weighted by Gasteiger charge is -2.38. The van der Waals surface area contributed by atoms with Gasteiger partial charge in [0.1, 0.15) is 5.75 Å². The van der Waals surface area contributed by atoms with Crippen LogP contribution in [0.5, 0.6) is 5.75 Å². The molecule has 1 aromatic rings. The molecule has 1 aliphatic rings. The highest BCUT2D eigenvalue weighted by Gasteiger charge is 2.27. The molecule has 0 radical (unpaired) electrons. The third-order valence-corrected chi connectivity index (χ3v) is 6.29. The van der Waals surface area contributed by atoms with Crippen molar-refractivity contribution in [2.45, 2.75) is 6.04 Å². The average molecular weight is 636 g/mol. The molecule has 0 amide bonds. The number of nitrogens with zero attached hydrogens (tertiary/aromatic N) is 5. The second-order valence-electron chi connectivity index (χ2n) is 8.83. The van der Waals surface area contributed by atoms with E-state index in [2.05, 4.69) is 22.4 Å². The summed E-state index contributed by atoms with van der Waals surface area (Å²) < 4.78 is 5.37. The highest BCUT2D eigenvalue weighted by Crippen LogP contribution is 2.33. The molecular formula is C24H45N9O9S. The maximum atomic E-state index is 12.5. The number of rotatable bonds is 11. The van der Waals surface area contributed by atoms with Crippen LogP contribution in [0.4, 0.5) is 5.69 Å². The van der Waals surface area contributed by atoms with Gasteiger partial charge in [0.2, 0.25) is 0 Å². The molecule has 246 valence electrons. The van der Waals surface area contributed by atoms with Gasteiger partial charge >= 0.3 is 0 Å². The Morgan fingerprint density at radius 2 is 1.19 bits per heavy atom. The molecule has 18 nitrogen and oxygen atoms in total. The quantitative estimate of drug-likeness (QED) is 0.134. The van der Waals surface area contributed by atoms with Gasteiger partial charge in [-0.1, -0.05) is 0 Å². The Morgan fingerprint density at radius 3 is 1.51 bits per heavy atom. The summed E-state index contributed by atoms with van der Waals surface area (Å²) in [6, 6.07) is 3.16. The van der Waals surface area contributed by atoms with Crippen molar-refractivity contribution < 1.29 is 44.3 Å². The number of ether oxygens (including phenoxy) is 1. The average Bonchev–Trinajstić information content (AvgIpc) is 2.84. The minimum Gasteiger partial charge on any atom is -0.549 e. The number of methoxy groups -OCH3 is 1. The van der Waals surface area contributed by atoms with Gasteiger partial charge in [-0.05, 0) is 30.4 Å². The number of isothiocyanates is 1. The molecule has 0 aromatic heterocycles. The molecule has 1 unspecified atom stereocenters. The normalized spacial score (nSPS) is 16.0. The van der Waals surface area contributed by atoms with Crippen LogP contribution < -0.4 is 49.8 Å². The highest BCUT2D eigenvalue weighted by atomic mass is 32.1. The van der Waals surface area contributed by atoms with Gasteiger partial charge in [0.05, 0.1) is 47.9 Å². The zero-order valence-electron chi connectivity index (χ0n) is 25.4. The Kier molecular flexibility index (Phi) is 22.4. The van der Waals surface area contributed by atoms with E-state index in [1.54, 1.807) is 6.07 Å². The lowest BCUT2D eigenvalue weighted by Crippen LogP contribution is -2.52.